The highest BCUT2D eigenvalue weighted by Crippen LogP contribution is 2.30. The van der Waals surface area contributed by atoms with Crippen LogP contribution in [0.3, 0.4) is 0 Å². The molecule has 0 fully saturated rings. The highest BCUT2D eigenvalue weighted by atomic mass is 32.2. The number of H-pyrrole nitrogens is 1. The van der Waals surface area contributed by atoms with E-state index in [2.05, 4.69) is 22.2 Å². The number of aryl methyl sites for hydroxylation is 1. The second kappa shape index (κ2) is 11.9. The van der Waals surface area contributed by atoms with E-state index in [1.807, 2.05) is 0 Å². The lowest BCUT2D eigenvalue weighted by Gasteiger charge is -2.10. The molecule has 35 heavy (non-hydrogen) atoms. The highest BCUT2D eigenvalue weighted by molar-refractivity contribution is 7.99. The van der Waals surface area contributed by atoms with Crippen LogP contribution in [0.1, 0.15) is 25.3 Å². The first-order valence-corrected chi connectivity index (χ1v) is 13.3. The SMILES string of the molecule is CCCCc1ccc(S(=O)(=O)c2cnc(SCC(=O)Nc3ccc(OC)c(OC)c3)[nH]c2=O)cc1. The van der Waals surface area contributed by atoms with Crippen LogP contribution in [0.15, 0.2) is 68.4 Å². The number of rotatable bonds is 11. The van der Waals surface area contributed by atoms with Gasteiger partial charge in [-0.05, 0) is 42.7 Å². The molecule has 0 aliphatic rings. The van der Waals surface area contributed by atoms with Crippen LogP contribution < -0.4 is 20.3 Å². The summed E-state index contributed by atoms with van der Waals surface area (Å²) in [5.41, 5.74) is 0.755. The lowest BCUT2D eigenvalue weighted by atomic mass is 10.1. The fourth-order valence-electron chi connectivity index (χ4n) is 3.22. The van der Waals surface area contributed by atoms with Crippen molar-refractivity contribution in [2.24, 2.45) is 0 Å². The third kappa shape index (κ3) is 6.64. The normalized spacial score (nSPS) is 11.2. The summed E-state index contributed by atoms with van der Waals surface area (Å²) in [7, 11) is -1.02. The molecular formula is C24H27N3O6S2. The minimum absolute atomic E-state index is 0.0275. The van der Waals surface area contributed by atoms with Crippen molar-refractivity contribution in [1.29, 1.82) is 0 Å². The molecule has 9 nitrogen and oxygen atoms in total. The summed E-state index contributed by atoms with van der Waals surface area (Å²) in [6.45, 7) is 2.09. The molecule has 0 saturated heterocycles. The summed E-state index contributed by atoms with van der Waals surface area (Å²) < 4.78 is 36.2. The van der Waals surface area contributed by atoms with Gasteiger partial charge in [0.05, 0.1) is 31.1 Å². The van der Waals surface area contributed by atoms with Crippen molar-refractivity contribution in [3.63, 3.8) is 0 Å². The van der Waals surface area contributed by atoms with Crippen molar-refractivity contribution in [3.8, 4) is 11.5 Å². The number of carbonyl (C=O) groups excluding carboxylic acids is 1. The molecule has 1 amide bonds. The summed E-state index contributed by atoms with van der Waals surface area (Å²) in [4.78, 5) is 30.9. The van der Waals surface area contributed by atoms with Crippen LogP contribution in [0.25, 0.3) is 0 Å². The number of aromatic amines is 1. The Morgan fingerprint density at radius 1 is 1.09 bits per heavy atom. The zero-order valence-electron chi connectivity index (χ0n) is 19.7. The number of hydrogen-bond donors (Lipinski definition) is 2. The minimum Gasteiger partial charge on any atom is -0.493 e. The number of sulfone groups is 1. The monoisotopic (exact) mass is 517 g/mol. The number of aromatic nitrogens is 2. The number of ether oxygens (including phenoxy) is 2. The van der Waals surface area contributed by atoms with Crippen LogP contribution in [0.4, 0.5) is 5.69 Å². The first-order valence-electron chi connectivity index (χ1n) is 10.9. The molecule has 1 aromatic heterocycles. The van der Waals surface area contributed by atoms with Crippen LogP contribution >= 0.6 is 11.8 Å². The number of thioether (sulfide) groups is 1. The molecule has 0 unspecified atom stereocenters. The van der Waals surface area contributed by atoms with Crippen molar-refractivity contribution in [2.45, 2.75) is 41.1 Å². The van der Waals surface area contributed by atoms with Gasteiger partial charge in [-0.1, -0.05) is 37.2 Å². The van der Waals surface area contributed by atoms with E-state index >= 15 is 0 Å². The summed E-state index contributed by atoms with van der Waals surface area (Å²) >= 11 is 0.975. The van der Waals surface area contributed by atoms with E-state index in [9.17, 15) is 18.0 Å². The number of unbranched alkanes of at least 4 members (excludes halogenated alkanes) is 1. The maximum Gasteiger partial charge on any atom is 0.270 e. The Kier molecular flexibility index (Phi) is 8.94. The third-order valence-corrected chi connectivity index (χ3v) is 7.74. The lowest BCUT2D eigenvalue weighted by Crippen LogP contribution is -2.20. The van der Waals surface area contributed by atoms with Crippen LogP contribution in [0.5, 0.6) is 11.5 Å². The van der Waals surface area contributed by atoms with Gasteiger partial charge < -0.3 is 19.8 Å². The van der Waals surface area contributed by atoms with Gasteiger partial charge in [-0.25, -0.2) is 13.4 Å². The Balaban J connectivity index is 1.66. The minimum atomic E-state index is -4.02. The van der Waals surface area contributed by atoms with Gasteiger partial charge >= 0.3 is 0 Å². The lowest BCUT2D eigenvalue weighted by molar-refractivity contribution is -0.113. The van der Waals surface area contributed by atoms with Crippen molar-refractivity contribution in [3.05, 3.63) is 64.6 Å². The molecule has 1 heterocycles. The Morgan fingerprint density at radius 3 is 2.43 bits per heavy atom. The van der Waals surface area contributed by atoms with Crippen LogP contribution in [-0.4, -0.2) is 44.3 Å². The molecule has 0 saturated carbocycles. The second-order valence-electron chi connectivity index (χ2n) is 7.54. The van der Waals surface area contributed by atoms with Gasteiger partial charge in [0.15, 0.2) is 21.6 Å². The molecule has 0 aliphatic heterocycles. The standard InChI is InChI=1S/C24H27N3O6S2/c1-4-5-6-16-7-10-18(11-8-16)35(30,31)21-14-25-24(27-23(21)29)34-15-22(28)26-17-9-12-19(32-2)20(13-17)33-3/h7-14H,4-6,15H2,1-3H3,(H,26,28)(H,25,27,29). The van der Waals surface area contributed by atoms with Crippen molar-refractivity contribution < 1.29 is 22.7 Å². The van der Waals surface area contributed by atoms with E-state index in [0.29, 0.717) is 17.2 Å². The average molecular weight is 518 g/mol. The molecule has 0 bridgehead atoms. The number of anilines is 1. The van der Waals surface area contributed by atoms with E-state index in [1.165, 1.54) is 26.4 Å². The Bertz CT molecular complexity index is 1340. The number of nitrogens with zero attached hydrogens (tertiary/aromatic N) is 1. The molecule has 186 valence electrons. The fraction of sp³-hybridized carbons (Fsp3) is 0.292. The largest absolute Gasteiger partial charge is 0.493 e. The zero-order chi connectivity index (χ0) is 25.4. The number of nitrogens with one attached hydrogen (secondary N) is 2. The zero-order valence-corrected chi connectivity index (χ0v) is 21.3. The molecule has 0 radical (unpaired) electrons. The maximum atomic E-state index is 12.9. The maximum absolute atomic E-state index is 12.9. The van der Waals surface area contributed by atoms with Gasteiger partial charge in [-0.15, -0.1) is 0 Å². The van der Waals surface area contributed by atoms with E-state index in [1.54, 1.807) is 30.3 Å². The molecule has 11 heteroatoms. The van der Waals surface area contributed by atoms with Gasteiger partial charge in [-0.2, -0.15) is 0 Å². The second-order valence-corrected chi connectivity index (χ2v) is 10.4. The molecule has 3 aromatic rings. The van der Waals surface area contributed by atoms with Gasteiger partial charge in [0.1, 0.15) is 0 Å². The van der Waals surface area contributed by atoms with Gasteiger partial charge in [0, 0.05) is 11.8 Å². The fourth-order valence-corrected chi connectivity index (χ4v) is 5.09. The van der Waals surface area contributed by atoms with Gasteiger partial charge in [0.2, 0.25) is 15.7 Å². The Hall–Kier alpha value is -3.31. The van der Waals surface area contributed by atoms with Crippen LogP contribution in [0.2, 0.25) is 0 Å². The number of amides is 1. The van der Waals surface area contributed by atoms with E-state index in [0.717, 1.165) is 42.8 Å². The first-order chi connectivity index (χ1) is 16.8. The van der Waals surface area contributed by atoms with Crippen LogP contribution in [-0.2, 0) is 21.1 Å². The van der Waals surface area contributed by atoms with E-state index < -0.39 is 20.3 Å². The Labute approximate surface area is 208 Å². The quantitative estimate of drug-likeness (QED) is 0.291. The number of hydrogen-bond acceptors (Lipinski definition) is 8. The molecule has 0 spiro atoms. The van der Waals surface area contributed by atoms with Crippen molar-refractivity contribution >= 4 is 33.2 Å². The molecule has 2 aromatic carbocycles. The van der Waals surface area contributed by atoms with Crippen molar-refractivity contribution in [1.82, 2.24) is 9.97 Å². The smallest absolute Gasteiger partial charge is 0.270 e. The molecule has 0 aliphatic carbocycles. The predicted octanol–water partition coefficient (Wildman–Crippen LogP) is 3.69. The number of carbonyl (C=O) groups is 1. The predicted molar refractivity (Wildman–Crippen MR) is 134 cm³/mol. The summed E-state index contributed by atoms with van der Waals surface area (Å²) in [6.07, 6.45) is 3.95. The molecular weight excluding hydrogens is 490 g/mol. The number of methoxy groups -OCH3 is 2. The topological polar surface area (TPSA) is 127 Å². The molecule has 3 rings (SSSR count). The number of benzene rings is 2. The summed E-state index contributed by atoms with van der Waals surface area (Å²) in [6, 6.07) is 11.5. The third-order valence-electron chi connectivity index (χ3n) is 5.09. The average Bonchev–Trinajstić information content (AvgIpc) is 2.86. The Morgan fingerprint density at radius 2 is 1.80 bits per heavy atom. The highest BCUT2D eigenvalue weighted by Gasteiger charge is 2.22. The molecule has 2 N–H and O–H groups in total. The van der Waals surface area contributed by atoms with Crippen LogP contribution in [0, 0.1) is 0 Å². The van der Waals surface area contributed by atoms with Gasteiger partial charge in [-0.3, -0.25) is 9.59 Å². The molecule has 0 atom stereocenters. The summed E-state index contributed by atoms with van der Waals surface area (Å²) in [5.74, 6) is 0.605. The van der Waals surface area contributed by atoms with Crippen molar-refractivity contribution in [2.75, 3.05) is 25.3 Å². The van der Waals surface area contributed by atoms with Gasteiger partial charge in [0.25, 0.3) is 5.56 Å². The summed E-state index contributed by atoms with van der Waals surface area (Å²) in [5, 5.41) is 2.85. The first kappa shape index (κ1) is 26.3. The van der Waals surface area contributed by atoms with E-state index in [4.69, 9.17) is 9.47 Å². The van der Waals surface area contributed by atoms with E-state index in [-0.39, 0.29) is 21.7 Å².